The van der Waals surface area contributed by atoms with Crippen molar-refractivity contribution in [2.75, 3.05) is 26.2 Å². The summed E-state index contributed by atoms with van der Waals surface area (Å²) in [5.74, 6) is -1.16. The lowest BCUT2D eigenvalue weighted by Crippen LogP contribution is -2.20. The molecule has 0 unspecified atom stereocenters. The highest BCUT2D eigenvalue weighted by Gasteiger charge is 2.37. The Morgan fingerprint density at radius 2 is 0.675 bits per heavy atom. The highest BCUT2D eigenvalue weighted by atomic mass is 19.4. The maximum absolute atomic E-state index is 13.6. The number of benzene rings is 7. The highest BCUT2D eigenvalue weighted by Crippen LogP contribution is 2.42. The molecular weight excluding hydrogens is 1100 g/mol. The number of alkyl halides is 12. The number of hydrogen-bond acceptors (Lipinski definition) is 6. The first-order valence-electron chi connectivity index (χ1n) is 26.2. The highest BCUT2D eigenvalue weighted by molar-refractivity contribution is 5.77. The molecule has 8 aromatic rings. The van der Waals surface area contributed by atoms with Crippen molar-refractivity contribution in [3.8, 4) is 45.4 Å². The molecular formula is C64H53F12N3O4. The number of para-hydroxylation sites is 4. The van der Waals surface area contributed by atoms with Gasteiger partial charge in [-0.3, -0.25) is 0 Å². The van der Waals surface area contributed by atoms with Crippen LogP contribution in [-0.4, -0.2) is 31.2 Å². The number of rotatable bonds is 16. The van der Waals surface area contributed by atoms with Crippen molar-refractivity contribution >= 4 is 11.1 Å². The number of H-pyrrole nitrogens is 1. The molecule has 0 amide bonds. The molecule has 0 aliphatic carbocycles. The van der Waals surface area contributed by atoms with Crippen LogP contribution in [0.2, 0.25) is 0 Å². The normalized spacial score (nSPS) is 14.0. The van der Waals surface area contributed by atoms with Gasteiger partial charge in [-0.05, 0) is 167 Å². The molecule has 0 bridgehead atoms. The van der Waals surface area contributed by atoms with Gasteiger partial charge in [-0.15, -0.1) is 0 Å². The van der Waals surface area contributed by atoms with E-state index in [-0.39, 0.29) is 49.4 Å². The number of aromatic nitrogens is 1. The number of ether oxygens (including phenoxy) is 4. The zero-order valence-electron chi connectivity index (χ0n) is 44.1. The van der Waals surface area contributed by atoms with Crippen molar-refractivity contribution < 1.29 is 71.6 Å². The number of hydrogen-bond donors (Lipinski definition) is 3. The molecule has 0 atom stereocenters. The first kappa shape index (κ1) is 59.2. The lowest BCUT2D eigenvalue weighted by molar-refractivity contribution is -0.139. The van der Waals surface area contributed by atoms with Gasteiger partial charge in [0.15, 0.2) is 0 Å². The van der Waals surface area contributed by atoms with Crippen molar-refractivity contribution in [1.82, 2.24) is 15.6 Å². The maximum Gasteiger partial charge on any atom is 0.419 e. The van der Waals surface area contributed by atoms with Crippen LogP contribution in [0, 0.1) is 0 Å². The molecule has 0 spiro atoms. The summed E-state index contributed by atoms with van der Waals surface area (Å²) in [5.41, 5.74) is 5.23. The summed E-state index contributed by atoms with van der Waals surface area (Å²) in [4.78, 5) is 3.11. The molecule has 432 valence electrons. The van der Waals surface area contributed by atoms with Gasteiger partial charge < -0.3 is 34.6 Å². The second-order valence-electron chi connectivity index (χ2n) is 19.3. The Bertz CT molecular complexity index is 3550. The molecule has 19 heteroatoms. The van der Waals surface area contributed by atoms with E-state index in [4.69, 9.17) is 18.9 Å². The molecule has 0 fully saturated rings. The van der Waals surface area contributed by atoms with Gasteiger partial charge in [0, 0.05) is 30.5 Å². The average molecular weight is 1160 g/mol. The fourth-order valence-electron chi connectivity index (χ4n) is 9.75. The van der Waals surface area contributed by atoms with Crippen LogP contribution in [0.1, 0.15) is 68.5 Å². The van der Waals surface area contributed by atoms with Crippen molar-refractivity contribution in [3.63, 3.8) is 0 Å². The lowest BCUT2D eigenvalue weighted by Gasteiger charge is -2.22. The molecule has 0 radical (unpaired) electrons. The standard InChI is InChI=1S/C33H27F6NO2.C31H26F6N2O2/c34-32(35,36)28-10-4-6-12-30(28)41-20-24-19-27(23-14-16-40-17-15-23)25(18-26(24)22-8-2-1-3-9-22)21-42-31-13-7-5-11-29(31)33(37,38)39;32-30(33,34)25-6-1-3-9-28(25)40-18-21-17-24(27-8-5-13-39-27)22(16-23(21)20-11-14-38-15-12-20)19-41-29-10-4-2-7-26(29)31(35,36)37/h1-14,18-19,40H,15-17,20-21H2;1-11,13,16-17,38-39H,12,14-15,18-19H2. The summed E-state index contributed by atoms with van der Waals surface area (Å²) in [5, 5.41) is 6.47. The number of aromatic amines is 1. The van der Waals surface area contributed by atoms with Gasteiger partial charge in [0.1, 0.15) is 49.4 Å². The Morgan fingerprint density at radius 1 is 0.349 bits per heavy atom. The topological polar surface area (TPSA) is 76.8 Å². The second-order valence-corrected chi connectivity index (χ2v) is 19.3. The zero-order chi connectivity index (χ0) is 58.8. The zero-order valence-corrected chi connectivity index (χ0v) is 44.1. The van der Waals surface area contributed by atoms with Gasteiger partial charge in [0.05, 0.1) is 22.3 Å². The van der Waals surface area contributed by atoms with E-state index in [1.165, 1.54) is 72.8 Å². The molecule has 1 aromatic heterocycles. The van der Waals surface area contributed by atoms with E-state index >= 15 is 0 Å². The van der Waals surface area contributed by atoms with Crippen LogP contribution >= 0.6 is 0 Å². The third kappa shape index (κ3) is 15.0. The van der Waals surface area contributed by atoms with Gasteiger partial charge in [0.25, 0.3) is 0 Å². The van der Waals surface area contributed by atoms with Crippen LogP contribution in [-0.2, 0) is 51.1 Å². The monoisotopic (exact) mass is 1160 g/mol. The molecule has 7 nitrogen and oxygen atoms in total. The Kier molecular flexibility index (Phi) is 18.4. The molecule has 3 N–H and O–H groups in total. The first-order chi connectivity index (χ1) is 39.7. The van der Waals surface area contributed by atoms with Crippen molar-refractivity contribution in [1.29, 1.82) is 0 Å². The van der Waals surface area contributed by atoms with E-state index in [1.807, 2.05) is 60.7 Å². The Labute approximate surface area is 470 Å². The molecule has 2 aliphatic rings. The molecule has 2 aliphatic heterocycles. The van der Waals surface area contributed by atoms with Crippen molar-refractivity contribution in [3.05, 3.63) is 238 Å². The first-order valence-corrected chi connectivity index (χ1v) is 26.2. The van der Waals surface area contributed by atoms with Gasteiger partial charge >= 0.3 is 24.7 Å². The van der Waals surface area contributed by atoms with Crippen LogP contribution in [0.3, 0.4) is 0 Å². The predicted molar refractivity (Wildman–Crippen MR) is 292 cm³/mol. The maximum atomic E-state index is 13.6. The SMILES string of the molecule is FC(F)(F)c1ccccc1OCc1cc(-c2ccc[nH]2)c(COc2ccccc2C(F)(F)F)cc1C1=CCNCC1.FC(F)(F)c1ccccc1OCc1cc(-c2ccccc2)c(COc2ccccc2C(F)(F)F)cc1C1=CCNCC1. The summed E-state index contributed by atoms with van der Waals surface area (Å²) >= 11 is 0. The molecule has 0 saturated carbocycles. The summed E-state index contributed by atoms with van der Waals surface area (Å²) < 4.78 is 186. The average Bonchev–Trinajstić information content (AvgIpc) is 4.05. The quantitative estimate of drug-likeness (QED) is 0.0837. The van der Waals surface area contributed by atoms with E-state index in [0.717, 1.165) is 52.1 Å². The molecule has 7 aromatic carbocycles. The van der Waals surface area contributed by atoms with Crippen LogP contribution in [0.25, 0.3) is 33.5 Å². The molecule has 0 saturated heterocycles. The van der Waals surface area contributed by atoms with Crippen LogP contribution in [0.5, 0.6) is 23.0 Å². The van der Waals surface area contributed by atoms with Crippen LogP contribution in [0.4, 0.5) is 52.7 Å². The largest absolute Gasteiger partial charge is 0.488 e. The van der Waals surface area contributed by atoms with E-state index in [9.17, 15) is 52.7 Å². The Morgan fingerprint density at radius 3 is 1.01 bits per heavy atom. The fourth-order valence-corrected chi connectivity index (χ4v) is 9.75. The lowest BCUT2D eigenvalue weighted by atomic mass is 9.89. The summed E-state index contributed by atoms with van der Waals surface area (Å²) in [6.45, 7) is 1.99. The Balaban J connectivity index is 0.000000200. The van der Waals surface area contributed by atoms with Gasteiger partial charge in [-0.1, -0.05) is 91.0 Å². The summed E-state index contributed by atoms with van der Waals surface area (Å²) in [7, 11) is 0. The van der Waals surface area contributed by atoms with Gasteiger partial charge in [-0.25, -0.2) is 0 Å². The predicted octanol–water partition coefficient (Wildman–Crippen LogP) is 17.2. The number of halogens is 12. The number of nitrogens with one attached hydrogen (secondary N) is 3. The third-order valence-electron chi connectivity index (χ3n) is 13.8. The van der Waals surface area contributed by atoms with Crippen LogP contribution in [0.15, 0.2) is 182 Å². The minimum atomic E-state index is -4.59. The van der Waals surface area contributed by atoms with Crippen molar-refractivity contribution in [2.45, 2.75) is 64.0 Å². The van der Waals surface area contributed by atoms with E-state index in [2.05, 4.69) is 15.6 Å². The van der Waals surface area contributed by atoms with E-state index < -0.39 is 47.0 Å². The Hall–Kier alpha value is -8.42. The van der Waals surface area contributed by atoms with E-state index in [0.29, 0.717) is 78.1 Å². The molecule has 83 heavy (non-hydrogen) atoms. The van der Waals surface area contributed by atoms with Gasteiger partial charge in [0.2, 0.25) is 0 Å². The third-order valence-corrected chi connectivity index (χ3v) is 13.8. The fraction of sp³-hybridized carbons (Fsp3) is 0.219. The summed E-state index contributed by atoms with van der Waals surface area (Å²) in [6.07, 6.45) is -11.3. The van der Waals surface area contributed by atoms with Crippen LogP contribution < -0.4 is 29.6 Å². The minimum absolute atomic E-state index is 0.148. The second kappa shape index (κ2) is 25.8. The summed E-state index contributed by atoms with van der Waals surface area (Å²) in [6, 6.07) is 40.2. The molecule has 10 rings (SSSR count). The smallest absolute Gasteiger partial charge is 0.419 e. The van der Waals surface area contributed by atoms with Gasteiger partial charge in [-0.2, -0.15) is 52.7 Å². The minimum Gasteiger partial charge on any atom is -0.488 e. The molecule has 3 heterocycles. The van der Waals surface area contributed by atoms with Crippen molar-refractivity contribution in [2.24, 2.45) is 0 Å². The van der Waals surface area contributed by atoms with E-state index in [1.54, 1.807) is 24.4 Å².